The van der Waals surface area contributed by atoms with Gasteiger partial charge in [-0.1, -0.05) is 0 Å². The van der Waals surface area contributed by atoms with Crippen LogP contribution in [0.25, 0.3) is 0 Å². The predicted octanol–water partition coefficient (Wildman–Crippen LogP) is 0.913. The summed E-state index contributed by atoms with van der Waals surface area (Å²) < 4.78 is 6.98. The second-order valence-corrected chi connectivity index (χ2v) is 5.43. The van der Waals surface area contributed by atoms with Gasteiger partial charge in [0.05, 0.1) is 13.2 Å². The van der Waals surface area contributed by atoms with E-state index in [1.165, 1.54) is 0 Å². The smallest absolute Gasteiger partial charge is 0.325 e. The minimum Gasteiger partial charge on any atom is -0.465 e. The highest BCUT2D eigenvalue weighted by atomic mass is 16.5. The minimum absolute atomic E-state index is 0.327. The van der Waals surface area contributed by atoms with Crippen molar-refractivity contribution in [1.29, 1.82) is 0 Å². The van der Waals surface area contributed by atoms with Gasteiger partial charge >= 0.3 is 5.97 Å². The van der Waals surface area contributed by atoms with E-state index in [1.807, 2.05) is 24.9 Å². The molecule has 6 heteroatoms. The molecule has 6 nitrogen and oxygen atoms in total. The highest BCUT2D eigenvalue weighted by molar-refractivity contribution is 5.79. The van der Waals surface area contributed by atoms with Crippen LogP contribution in [-0.4, -0.2) is 46.2 Å². The lowest BCUT2D eigenvalue weighted by molar-refractivity contribution is -0.149. The SMILES string of the molecule is CCOC(=O)C(C)(N)CCCN(C)Cc1nccn1C. The maximum atomic E-state index is 11.7. The van der Waals surface area contributed by atoms with Crippen LogP contribution in [0.5, 0.6) is 0 Å². The monoisotopic (exact) mass is 282 g/mol. The van der Waals surface area contributed by atoms with E-state index in [2.05, 4.69) is 9.88 Å². The van der Waals surface area contributed by atoms with Crippen LogP contribution in [0.15, 0.2) is 12.4 Å². The van der Waals surface area contributed by atoms with Crippen LogP contribution in [0.4, 0.5) is 0 Å². The van der Waals surface area contributed by atoms with E-state index in [0.717, 1.165) is 25.3 Å². The number of carbonyl (C=O) groups is 1. The van der Waals surface area contributed by atoms with Crippen molar-refractivity contribution < 1.29 is 9.53 Å². The van der Waals surface area contributed by atoms with Crippen molar-refractivity contribution in [2.45, 2.75) is 38.8 Å². The Bertz CT molecular complexity index is 429. The Morgan fingerprint density at radius 2 is 2.30 bits per heavy atom. The Hall–Kier alpha value is -1.40. The van der Waals surface area contributed by atoms with E-state index in [0.29, 0.717) is 13.0 Å². The van der Waals surface area contributed by atoms with Gasteiger partial charge in [-0.05, 0) is 40.3 Å². The summed E-state index contributed by atoms with van der Waals surface area (Å²) in [5.74, 6) is 0.695. The summed E-state index contributed by atoms with van der Waals surface area (Å²) in [6.07, 6.45) is 5.17. The number of hydrogen-bond acceptors (Lipinski definition) is 5. The van der Waals surface area contributed by atoms with Gasteiger partial charge < -0.3 is 15.0 Å². The first-order chi connectivity index (χ1) is 9.36. The lowest BCUT2D eigenvalue weighted by atomic mass is 9.97. The molecule has 20 heavy (non-hydrogen) atoms. The first-order valence-corrected chi connectivity index (χ1v) is 6.97. The summed E-state index contributed by atoms with van der Waals surface area (Å²) in [5, 5.41) is 0. The quantitative estimate of drug-likeness (QED) is 0.718. The number of ether oxygens (including phenoxy) is 1. The molecule has 1 aromatic rings. The van der Waals surface area contributed by atoms with Crippen LogP contribution in [0.2, 0.25) is 0 Å². The standard InChI is InChI=1S/C14H26N4O2/c1-5-20-13(19)14(2,15)7-6-9-17(3)11-12-16-8-10-18(12)4/h8,10H,5-7,9,11,15H2,1-4H3. The molecule has 1 aromatic heterocycles. The normalized spacial score (nSPS) is 14.3. The number of rotatable bonds is 8. The molecule has 1 rings (SSSR count). The molecule has 0 saturated carbocycles. The summed E-state index contributed by atoms with van der Waals surface area (Å²) in [6, 6.07) is 0. The highest BCUT2D eigenvalue weighted by Crippen LogP contribution is 2.12. The average Bonchev–Trinajstić information content (AvgIpc) is 2.75. The van der Waals surface area contributed by atoms with Gasteiger partial charge in [0.2, 0.25) is 0 Å². The van der Waals surface area contributed by atoms with Crippen molar-refractivity contribution in [1.82, 2.24) is 14.5 Å². The molecule has 0 amide bonds. The molecule has 0 aliphatic rings. The van der Waals surface area contributed by atoms with Gasteiger partial charge in [0.1, 0.15) is 11.4 Å². The second-order valence-electron chi connectivity index (χ2n) is 5.43. The van der Waals surface area contributed by atoms with Crippen LogP contribution in [0.3, 0.4) is 0 Å². The fraction of sp³-hybridized carbons (Fsp3) is 0.714. The summed E-state index contributed by atoms with van der Waals surface area (Å²) in [5.41, 5.74) is 5.08. The van der Waals surface area contributed by atoms with Gasteiger partial charge in [0.15, 0.2) is 0 Å². The Morgan fingerprint density at radius 1 is 1.60 bits per heavy atom. The lowest BCUT2D eigenvalue weighted by Gasteiger charge is -2.23. The van der Waals surface area contributed by atoms with E-state index < -0.39 is 5.54 Å². The zero-order chi connectivity index (χ0) is 15.2. The first-order valence-electron chi connectivity index (χ1n) is 6.97. The number of hydrogen-bond donors (Lipinski definition) is 1. The van der Waals surface area contributed by atoms with Crippen molar-refractivity contribution in [2.24, 2.45) is 12.8 Å². The third-order valence-electron chi connectivity index (χ3n) is 3.31. The van der Waals surface area contributed by atoms with Crippen molar-refractivity contribution in [3.8, 4) is 0 Å². The largest absolute Gasteiger partial charge is 0.465 e. The molecule has 0 radical (unpaired) electrons. The molecule has 0 aliphatic heterocycles. The topological polar surface area (TPSA) is 73.4 Å². The average molecular weight is 282 g/mol. The zero-order valence-corrected chi connectivity index (χ0v) is 12.9. The molecule has 1 unspecified atom stereocenters. The summed E-state index contributed by atoms with van der Waals surface area (Å²) >= 11 is 0. The molecular weight excluding hydrogens is 256 g/mol. The Labute approximate surface area is 120 Å². The number of carbonyl (C=O) groups excluding carboxylic acids is 1. The zero-order valence-electron chi connectivity index (χ0n) is 12.9. The molecule has 0 saturated heterocycles. The highest BCUT2D eigenvalue weighted by Gasteiger charge is 2.29. The number of aromatic nitrogens is 2. The molecule has 1 atom stereocenters. The van der Waals surface area contributed by atoms with Gasteiger partial charge in [-0.2, -0.15) is 0 Å². The minimum atomic E-state index is -0.903. The van der Waals surface area contributed by atoms with Crippen LogP contribution < -0.4 is 5.73 Å². The predicted molar refractivity (Wildman–Crippen MR) is 78.0 cm³/mol. The molecule has 0 aliphatic carbocycles. The molecule has 0 bridgehead atoms. The molecule has 1 heterocycles. The third-order valence-corrected chi connectivity index (χ3v) is 3.31. The van der Waals surface area contributed by atoms with Crippen molar-refractivity contribution in [2.75, 3.05) is 20.2 Å². The van der Waals surface area contributed by atoms with Crippen LogP contribution in [0.1, 0.15) is 32.5 Å². The Kier molecular flexibility index (Phi) is 6.16. The first kappa shape index (κ1) is 16.7. The molecule has 0 aromatic carbocycles. The maximum Gasteiger partial charge on any atom is 0.325 e. The Morgan fingerprint density at radius 3 is 2.85 bits per heavy atom. The molecule has 2 N–H and O–H groups in total. The fourth-order valence-electron chi connectivity index (χ4n) is 1.98. The number of imidazole rings is 1. The van der Waals surface area contributed by atoms with Gasteiger partial charge in [0, 0.05) is 19.4 Å². The lowest BCUT2D eigenvalue weighted by Crippen LogP contribution is -2.46. The van der Waals surface area contributed by atoms with E-state index in [-0.39, 0.29) is 5.97 Å². The van der Waals surface area contributed by atoms with Crippen molar-refractivity contribution >= 4 is 5.97 Å². The molecular formula is C14H26N4O2. The van der Waals surface area contributed by atoms with Gasteiger partial charge in [0.25, 0.3) is 0 Å². The number of esters is 1. The van der Waals surface area contributed by atoms with Gasteiger partial charge in [-0.3, -0.25) is 9.69 Å². The van der Waals surface area contributed by atoms with Crippen molar-refractivity contribution in [3.05, 3.63) is 18.2 Å². The maximum absolute atomic E-state index is 11.7. The molecule has 0 fully saturated rings. The van der Waals surface area contributed by atoms with E-state index in [1.54, 1.807) is 20.0 Å². The van der Waals surface area contributed by atoms with Crippen LogP contribution in [-0.2, 0) is 23.1 Å². The summed E-state index contributed by atoms with van der Waals surface area (Å²) in [6.45, 7) is 5.52. The summed E-state index contributed by atoms with van der Waals surface area (Å²) in [4.78, 5) is 18.1. The van der Waals surface area contributed by atoms with E-state index in [4.69, 9.17) is 10.5 Å². The number of aryl methyl sites for hydroxylation is 1. The van der Waals surface area contributed by atoms with Crippen molar-refractivity contribution in [3.63, 3.8) is 0 Å². The summed E-state index contributed by atoms with van der Waals surface area (Å²) in [7, 11) is 4.01. The fourth-order valence-corrected chi connectivity index (χ4v) is 1.98. The number of nitrogens with two attached hydrogens (primary N) is 1. The van der Waals surface area contributed by atoms with Gasteiger partial charge in [-0.25, -0.2) is 4.98 Å². The Balaban J connectivity index is 2.33. The second kappa shape index (κ2) is 7.40. The van der Waals surface area contributed by atoms with Crippen LogP contribution in [0, 0.1) is 0 Å². The van der Waals surface area contributed by atoms with Gasteiger partial charge in [-0.15, -0.1) is 0 Å². The van der Waals surface area contributed by atoms with E-state index in [9.17, 15) is 4.79 Å². The van der Waals surface area contributed by atoms with E-state index >= 15 is 0 Å². The molecule has 114 valence electrons. The number of nitrogens with zero attached hydrogens (tertiary/aromatic N) is 3. The third kappa shape index (κ3) is 4.94. The molecule has 0 spiro atoms. The van der Waals surface area contributed by atoms with Crippen LogP contribution >= 0.6 is 0 Å².